The van der Waals surface area contributed by atoms with Gasteiger partial charge in [-0.2, -0.15) is 4.37 Å². The lowest BCUT2D eigenvalue weighted by atomic mass is 10.2. The quantitative estimate of drug-likeness (QED) is 0.720. The molecule has 1 rings (SSSR count). The van der Waals surface area contributed by atoms with Crippen LogP contribution in [0.3, 0.4) is 0 Å². The van der Waals surface area contributed by atoms with Crippen molar-refractivity contribution in [3.05, 3.63) is 16.1 Å². The Labute approximate surface area is 78.1 Å². The highest BCUT2D eigenvalue weighted by Crippen LogP contribution is 2.18. The number of carbonyl (C=O) groups is 2. The number of methoxy groups -OCH3 is 1. The fourth-order valence-corrected chi connectivity index (χ4v) is 1.61. The SMILES string of the molecule is COC(=O)c1snc(C(=O)O)c1C. The van der Waals surface area contributed by atoms with Gasteiger partial charge in [0.05, 0.1) is 7.11 Å². The van der Waals surface area contributed by atoms with Crippen LogP contribution in [-0.4, -0.2) is 28.5 Å². The minimum absolute atomic E-state index is 0.0922. The lowest BCUT2D eigenvalue weighted by Gasteiger charge is -1.94. The highest BCUT2D eigenvalue weighted by atomic mass is 32.1. The lowest BCUT2D eigenvalue weighted by molar-refractivity contribution is 0.0605. The van der Waals surface area contributed by atoms with Crippen molar-refractivity contribution in [3.8, 4) is 0 Å². The van der Waals surface area contributed by atoms with Crippen LogP contribution in [0.1, 0.15) is 25.7 Å². The first-order valence-corrected chi connectivity index (χ1v) is 4.13. The Bertz CT molecular complexity index is 357. The number of rotatable bonds is 2. The molecule has 70 valence electrons. The molecule has 0 fully saturated rings. The van der Waals surface area contributed by atoms with Gasteiger partial charge in [-0.05, 0) is 18.5 Å². The number of esters is 1. The Kier molecular flexibility index (Phi) is 2.62. The average molecular weight is 201 g/mol. The third kappa shape index (κ3) is 1.67. The molecule has 1 aromatic heterocycles. The molecule has 1 heterocycles. The maximum Gasteiger partial charge on any atom is 0.355 e. The standard InChI is InChI=1S/C7H7NO4S/c1-3-4(6(9)10)8-13-5(3)7(11)12-2/h1-2H3,(H,9,10). The maximum atomic E-state index is 11.0. The fourth-order valence-electron chi connectivity index (χ4n) is 0.818. The predicted molar refractivity (Wildman–Crippen MR) is 45.1 cm³/mol. The van der Waals surface area contributed by atoms with Crippen molar-refractivity contribution in [2.75, 3.05) is 7.11 Å². The van der Waals surface area contributed by atoms with Gasteiger partial charge < -0.3 is 9.84 Å². The minimum Gasteiger partial charge on any atom is -0.476 e. The normalized spacial score (nSPS) is 9.69. The fraction of sp³-hybridized carbons (Fsp3) is 0.286. The van der Waals surface area contributed by atoms with Gasteiger partial charge in [0.1, 0.15) is 4.88 Å². The van der Waals surface area contributed by atoms with E-state index in [0.717, 1.165) is 11.5 Å². The van der Waals surface area contributed by atoms with Crippen LogP contribution in [0.25, 0.3) is 0 Å². The van der Waals surface area contributed by atoms with Crippen LogP contribution < -0.4 is 0 Å². The Hall–Kier alpha value is -1.43. The summed E-state index contributed by atoms with van der Waals surface area (Å²) < 4.78 is 8.07. The molecular weight excluding hydrogens is 194 g/mol. The van der Waals surface area contributed by atoms with Crippen LogP contribution in [0.2, 0.25) is 0 Å². The molecule has 0 aliphatic carbocycles. The van der Waals surface area contributed by atoms with Crippen molar-refractivity contribution in [2.45, 2.75) is 6.92 Å². The number of ether oxygens (including phenoxy) is 1. The molecule has 0 spiro atoms. The topological polar surface area (TPSA) is 76.5 Å². The van der Waals surface area contributed by atoms with Gasteiger partial charge >= 0.3 is 11.9 Å². The summed E-state index contributed by atoms with van der Waals surface area (Å²) in [7, 11) is 1.24. The molecule has 0 amide bonds. The number of carboxylic acid groups (broad SMARTS) is 1. The highest BCUT2D eigenvalue weighted by Gasteiger charge is 2.20. The Balaban J connectivity index is 3.13. The van der Waals surface area contributed by atoms with Crippen molar-refractivity contribution in [2.24, 2.45) is 0 Å². The second-order valence-corrected chi connectivity index (χ2v) is 3.06. The van der Waals surface area contributed by atoms with Gasteiger partial charge in [0, 0.05) is 5.56 Å². The third-order valence-electron chi connectivity index (χ3n) is 1.50. The number of nitrogens with zero attached hydrogens (tertiary/aromatic N) is 1. The Morgan fingerprint density at radius 2 is 2.15 bits per heavy atom. The van der Waals surface area contributed by atoms with Crippen molar-refractivity contribution >= 4 is 23.5 Å². The molecule has 0 saturated heterocycles. The Morgan fingerprint density at radius 1 is 1.54 bits per heavy atom. The summed E-state index contributed by atoms with van der Waals surface area (Å²) in [4.78, 5) is 21.8. The van der Waals surface area contributed by atoms with E-state index in [4.69, 9.17) is 5.11 Å². The van der Waals surface area contributed by atoms with E-state index >= 15 is 0 Å². The Morgan fingerprint density at radius 3 is 2.54 bits per heavy atom. The minimum atomic E-state index is -1.14. The predicted octanol–water partition coefficient (Wildman–Crippen LogP) is 0.936. The summed E-state index contributed by atoms with van der Waals surface area (Å²) in [6, 6.07) is 0. The summed E-state index contributed by atoms with van der Waals surface area (Å²) in [6.45, 7) is 1.53. The summed E-state index contributed by atoms with van der Waals surface area (Å²) in [6.07, 6.45) is 0. The highest BCUT2D eigenvalue weighted by molar-refractivity contribution is 7.08. The molecule has 0 atom stereocenters. The van der Waals surface area contributed by atoms with E-state index in [9.17, 15) is 9.59 Å². The van der Waals surface area contributed by atoms with Gasteiger partial charge in [-0.3, -0.25) is 0 Å². The van der Waals surface area contributed by atoms with E-state index in [1.54, 1.807) is 0 Å². The van der Waals surface area contributed by atoms with E-state index < -0.39 is 11.9 Å². The van der Waals surface area contributed by atoms with E-state index in [2.05, 4.69) is 9.11 Å². The van der Waals surface area contributed by atoms with Crippen molar-refractivity contribution < 1.29 is 19.4 Å². The van der Waals surface area contributed by atoms with Crippen molar-refractivity contribution in [1.29, 1.82) is 0 Å². The smallest absolute Gasteiger partial charge is 0.355 e. The number of carboxylic acids is 1. The van der Waals surface area contributed by atoms with Gasteiger partial charge in [-0.25, -0.2) is 9.59 Å². The molecule has 0 radical (unpaired) electrons. The molecular formula is C7H7NO4S. The number of aromatic carboxylic acids is 1. The molecule has 0 aliphatic rings. The monoisotopic (exact) mass is 201 g/mol. The van der Waals surface area contributed by atoms with E-state index in [1.165, 1.54) is 14.0 Å². The summed E-state index contributed by atoms with van der Waals surface area (Å²) in [5.74, 6) is -1.69. The van der Waals surface area contributed by atoms with Gasteiger partial charge in [0.25, 0.3) is 0 Å². The van der Waals surface area contributed by atoms with Crippen molar-refractivity contribution in [1.82, 2.24) is 4.37 Å². The molecule has 1 aromatic rings. The largest absolute Gasteiger partial charge is 0.476 e. The second-order valence-electron chi connectivity index (χ2n) is 2.28. The van der Waals surface area contributed by atoms with Crippen LogP contribution in [-0.2, 0) is 4.74 Å². The van der Waals surface area contributed by atoms with Crippen LogP contribution in [0.4, 0.5) is 0 Å². The van der Waals surface area contributed by atoms with Gasteiger partial charge in [-0.1, -0.05) is 0 Å². The lowest BCUT2D eigenvalue weighted by Crippen LogP contribution is -2.03. The second kappa shape index (κ2) is 3.53. The molecule has 5 nitrogen and oxygen atoms in total. The molecule has 6 heteroatoms. The number of hydrogen-bond acceptors (Lipinski definition) is 5. The molecule has 0 aromatic carbocycles. The zero-order chi connectivity index (χ0) is 10.0. The number of aromatic nitrogens is 1. The van der Waals surface area contributed by atoms with Gasteiger partial charge in [0.15, 0.2) is 5.69 Å². The first-order chi connectivity index (χ1) is 6.07. The summed E-state index contributed by atoms with van der Waals surface area (Å²) in [5, 5.41) is 8.63. The van der Waals surface area contributed by atoms with Gasteiger partial charge in [0.2, 0.25) is 0 Å². The number of hydrogen-bond donors (Lipinski definition) is 1. The van der Waals surface area contributed by atoms with E-state index in [1.807, 2.05) is 0 Å². The molecule has 1 N–H and O–H groups in total. The van der Waals surface area contributed by atoms with Gasteiger partial charge in [-0.15, -0.1) is 0 Å². The molecule has 0 unspecified atom stereocenters. The summed E-state index contributed by atoms with van der Waals surface area (Å²) >= 11 is 0.832. The van der Waals surface area contributed by atoms with Crippen LogP contribution in [0.15, 0.2) is 0 Å². The molecule has 0 bridgehead atoms. The first-order valence-electron chi connectivity index (χ1n) is 3.35. The number of carbonyl (C=O) groups excluding carboxylic acids is 1. The zero-order valence-corrected chi connectivity index (χ0v) is 7.84. The van der Waals surface area contributed by atoms with Crippen LogP contribution >= 0.6 is 11.5 Å². The molecule has 0 aliphatic heterocycles. The van der Waals surface area contributed by atoms with Crippen LogP contribution in [0, 0.1) is 6.92 Å². The van der Waals surface area contributed by atoms with Crippen molar-refractivity contribution in [3.63, 3.8) is 0 Å². The van der Waals surface area contributed by atoms with E-state index in [-0.39, 0.29) is 10.6 Å². The summed E-state index contributed by atoms with van der Waals surface area (Å²) in [5.41, 5.74) is 0.259. The maximum absolute atomic E-state index is 11.0. The molecule has 0 saturated carbocycles. The van der Waals surface area contributed by atoms with Crippen LogP contribution in [0.5, 0.6) is 0 Å². The third-order valence-corrected chi connectivity index (χ3v) is 2.43. The first kappa shape index (κ1) is 9.66. The average Bonchev–Trinajstić information content (AvgIpc) is 2.46. The molecule has 13 heavy (non-hydrogen) atoms. The zero-order valence-electron chi connectivity index (χ0n) is 7.03. The van der Waals surface area contributed by atoms with E-state index in [0.29, 0.717) is 5.56 Å².